The number of nitriles is 1. The molecule has 0 amide bonds. The molecule has 1 saturated carbocycles. The van der Waals surface area contributed by atoms with Crippen LogP contribution in [0.25, 0.3) is 0 Å². The van der Waals surface area contributed by atoms with Crippen LogP contribution in [0.4, 0.5) is 5.13 Å². The van der Waals surface area contributed by atoms with Crippen molar-refractivity contribution < 1.29 is 0 Å². The van der Waals surface area contributed by atoms with E-state index in [-0.39, 0.29) is 0 Å². The highest BCUT2D eigenvalue weighted by atomic mass is 32.1. The highest BCUT2D eigenvalue weighted by Crippen LogP contribution is 2.28. The molecule has 0 aliphatic heterocycles. The van der Waals surface area contributed by atoms with E-state index in [0.717, 1.165) is 17.6 Å². The van der Waals surface area contributed by atoms with Gasteiger partial charge in [0.1, 0.15) is 10.9 Å². The van der Waals surface area contributed by atoms with Gasteiger partial charge in [0.15, 0.2) is 5.13 Å². The average Bonchev–Trinajstić information content (AvgIpc) is 2.86. The third kappa shape index (κ3) is 2.48. The Kier molecular flexibility index (Phi) is 3.22. The molecule has 1 aromatic rings. The fourth-order valence-electron chi connectivity index (χ4n) is 2.15. The van der Waals surface area contributed by atoms with Crippen LogP contribution in [0.2, 0.25) is 0 Å². The van der Waals surface area contributed by atoms with E-state index in [9.17, 15) is 0 Å². The first-order chi connectivity index (χ1) is 7.29. The third-order valence-electron chi connectivity index (χ3n) is 2.94. The topological polar surface area (TPSA) is 39.9 Å². The molecule has 0 atom stereocenters. The maximum atomic E-state index is 8.72. The molecule has 0 radical (unpaired) electrons. The number of nitrogens with zero attached hydrogens (tertiary/aromatic N) is 3. The van der Waals surface area contributed by atoms with Crippen molar-refractivity contribution in [2.75, 3.05) is 18.5 Å². The summed E-state index contributed by atoms with van der Waals surface area (Å²) in [5.41, 5.74) is 0. The normalized spacial score (nSPS) is 16.5. The lowest BCUT2D eigenvalue weighted by molar-refractivity contribution is 0.546. The Bertz CT molecular complexity index is 360. The Morgan fingerprint density at radius 3 is 2.93 bits per heavy atom. The van der Waals surface area contributed by atoms with Crippen molar-refractivity contribution >= 4 is 16.5 Å². The Labute approximate surface area is 94.4 Å². The highest BCUT2D eigenvalue weighted by Gasteiger charge is 2.18. The molecular weight excluding hydrogens is 206 g/mol. The van der Waals surface area contributed by atoms with Crippen molar-refractivity contribution in [3.63, 3.8) is 0 Å². The number of aromatic nitrogens is 1. The number of hydrogen-bond acceptors (Lipinski definition) is 4. The maximum Gasteiger partial charge on any atom is 0.186 e. The molecule has 0 aromatic carbocycles. The summed E-state index contributed by atoms with van der Waals surface area (Å²) in [6.07, 6.45) is 7.10. The zero-order valence-corrected chi connectivity index (χ0v) is 9.76. The molecule has 1 fully saturated rings. The number of thiazole rings is 1. The summed E-state index contributed by atoms with van der Waals surface area (Å²) in [5, 5.41) is 9.69. The van der Waals surface area contributed by atoms with Crippen LogP contribution in [0.3, 0.4) is 0 Å². The number of anilines is 1. The van der Waals surface area contributed by atoms with Crippen molar-refractivity contribution in [1.29, 1.82) is 5.26 Å². The molecule has 2 rings (SSSR count). The Morgan fingerprint density at radius 1 is 1.60 bits per heavy atom. The first-order valence-corrected chi connectivity index (χ1v) is 6.18. The van der Waals surface area contributed by atoms with Crippen molar-refractivity contribution in [2.24, 2.45) is 5.92 Å². The smallest absolute Gasteiger partial charge is 0.186 e. The van der Waals surface area contributed by atoms with E-state index in [1.54, 1.807) is 6.20 Å². The molecule has 0 unspecified atom stereocenters. The quantitative estimate of drug-likeness (QED) is 0.787. The fraction of sp³-hybridized carbons (Fsp3) is 0.636. The minimum atomic E-state index is 0.697. The van der Waals surface area contributed by atoms with Crippen LogP contribution in [0.1, 0.15) is 30.6 Å². The van der Waals surface area contributed by atoms with Crippen molar-refractivity contribution in [1.82, 2.24) is 4.98 Å². The van der Waals surface area contributed by atoms with Gasteiger partial charge in [-0.2, -0.15) is 5.26 Å². The van der Waals surface area contributed by atoms with Gasteiger partial charge in [0.05, 0.1) is 6.20 Å². The molecule has 0 bridgehead atoms. The summed E-state index contributed by atoms with van der Waals surface area (Å²) >= 11 is 1.48. The molecule has 0 spiro atoms. The van der Waals surface area contributed by atoms with Crippen LogP contribution in [-0.4, -0.2) is 18.6 Å². The SMILES string of the molecule is CN(CC1CCCC1)c1ncc(C#N)s1. The van der Waals surface area contributed by atoms with Gasteiger partial charge in [-0.25, -0.2) is 4.98 Å². The van der Waals surface area contributed by atoms with Gasteiger partial charge in [-0.1, -0.05) is 24.2 Å². The highest BCUT2D eigenvalue weighted by molar-refractivity contribution is 7.16. The zero-order valence-electron chi connectivity index (χ0n) is 8.94. The molecule has 0 saturated heterocycles. The van der Waals surface area contributed by atoms with E-state index in [2.05, 4.69) is 23.0 Å². The lowest BCUT2D eigenvalue weighted by Gasteiger charge is -2.19. The molecule has 1 heterocycles. The fourth-order valence-corrected chi connectivity index (χ4v) is 2.83. The van der Waals surface area contributed by atoms with E-state index in [1.165, 1.54) is 37.0 Å². The second-order valence-electron chi connectivity index (χ2n) is 4.15. The second kappa shape index (κ2) is 4.63. The van der Waals surface area contributed by atoms with Gasteiger partial charge in [-0.15, -0.1) is 0 Å². The number of hydrogen-bond donors (Lipinski definition) is 0. The number of rotatable bonds is 3. The molecule has 80 valence electrons. The van der Waals surface area contributed by atoms with Crippen LogP contribution in [0.5, 0.6) is 0 Å². The van der Waals surface area contributed by atoms with Gasteiger partial charge in [-0.05, 0) is 18.8 Å². The van der Waals surface area contributed by atoms with Gasteiger partial charge in [0.25, 0.3) is 0 Å². The lowest BCUT2D eigenvalue weighted by atomic mass is 10.1. The minimum Gasteiger partial charge on any atom is -0.351 e. The summed E-state index contributed by atoms with van der Waals surface area (Å²) in [7, 11) is 2.07. The summed E-state index contributed by atoms with van der Waals surface area (Å²) in [5.74, 6) is 0.824. The molecule has 15 heavy (non-hydrogen) atoms. The molecule has 3 nitrogen and oxygen atoms in total. The van der Waals surface area contributed by atoms with Crippen molar-refractivity contribution in [3.05, 3.63) is 11.1 Å². The zero-order chi connectivity index (χ0) is 10.7. The molecule has 1 aliphatic rings. The van der Waals surface area contributed by atoms with E-state index < -0.39 is 0 Å². The molecule has 0 N–H and O–H groups in total. The first kappa shape index (κ1) is 10.4. The lowest BCUT2D eigenvalue weighted by Crippen LogP contribution is -2.23. The average molecular weight is 221 g/mol. The monoisotopic (exact) mass is 221 g/mol. The standard InChI is InChI=1S/C11H15N3S/c1-14(8-9-4-2-3-5-9)11-13-7-10(6-12)15-11/h7,9H,2-5,8H2,1H3. The van der Waals surface area contributed by atoms with Crippen LogP contribution >= 0.6 is 11.3 Å². The van der Waals surface area contributed by atoms with Gasteiger partial charge in [0, 0.05) is 13.6 Å². The van der Waals surface area contributed by atoms with E-state index in [1.807, 2.05) is 0 Å². The van der Waals surface area contributed by atoms with Gasteiger partial charge >= 0.3 is 0 Å². The van der Waals surface area contributed by atoms with E-state index >= 15 is 0 Å². The van der Waals surface area contributed by atoms with Crippen LogP contribution in [0.15, 0.2) is 6.20 Å². The summed E-state index contributed by atoms with van der Waals surface area (Å²) in [4.78, 5) is 7.13. The summed E-state index contributed by atoms with van der Waals surface area (Å²) in [6.45, 7) is 1.08. The molecular formula is C11H15N3S. The molecule has 1 aliphatic carbocycles. The Morgan fingerprint density at radius 2 is 2.33 bits per heavy atom. The summed E-state index contributed by atoms with van der Waals surface area (Å²) < 4.78 is 0. The van der Waals surface area contributed by atoms with Gasteiger partial charge < -0.3 is 4.90 Å². The van der Waals surface area contributed by atoms with Gasteiger partial charge in [0.2, 0.25) is 0 Å². The molecule has 4 heteroatoms. The Balaban J connectivity index is 1.95. The van der Waals surface area contributed by atoms with E-state index in [4.69, 9.17) is 5.26 Å². The second-order valence-corrected chi connectivity index (χ2v) is 5.16. The minimum absolute atomic E-state index is 0.697. The molecule has 1 aromatic heterocycles. The Hall–Kier alpha value is -1.08. The van der Waals surface area contributed by atoms with Crippen molar-refractivity contribution in [3.8, 4) is 6.07 Å². The van der Waals surface area contributed by atoms with E-state index in [0.29, 0.717) is 4.88 Å². The summed E-state index contributed by atoms with van der Waals surface area (Å²) in [6, 6.07) is 2.13. The van der Waals surface area contributed by atoms with Crippen LogP contribution in [-0.2, 0) is 0 Å². The van der Waals surface area contributed by atoms with Crippen LogP contribution < -0.4 is 4.90 Å². The largest absolute Gasteiger partial charge is 0.351 e. The maximum absolute atomic E-state index is 8.72. The van der Waals surface area contributed by atoms with Gasteiger partial charge in [-0.3, -0.25) is 0 Å². The predicted molar refractivity (Wildman–Crippen MR) is 62.1 cm³/mol. The third-order valence-corrected chi connectivity index (χ3v) is 3.95. The first-order valence-electron chi connectivity index (χ1n) is 5.36. The van der Waals surface area contributed by atoms with Crippen LogP contribution in [0, 0.1) is 17.2 Å². The predicted octanol–water partition coefficient (Wildman–Crippen LogP) is 2.64. The van der Waals surface area contributed by atoms with Crippen molar-refractivity contribution in [2.45, 2.75) is 25.7 Å².